The molecular weight excluding hydrogens is 294 g/mol. The number of anilines is 2. The van der Waals surface area contributed by atoms with Gasteiger partial charge in [0.15, 0.2) is 0 Å². The molecule has 2 N–H and O–H groups in total. The summed E-state index contributed by atoms with van der Waals surface area (Å²) in [6.45, 7) is 4.07. The van der Waals surface area contributed by atoms with Crippen LogP contribution in [-0.4, -0.2) is 48.1 Å². The van der Waals surface area contributed by atoms with Crippen LogP contribution in [-0.2, 0) is 12.8 Å². The molecule has 2 aliphatic rings. The average molecular weight is 317 g/mol. The van der Waals surface area contributed by atoms with Gasteiger partial charge in [0, 0.05) is 31.1 Å². The van der Waals surface area contributed by atoms with Crippen molar-refractivity contribution in [2.24, 2.45) is 0 Å². The van der Waals surface area contributed by atoms with Crippen LogP contribution in [0, 0.1) is 0 Å². The molecule has 2 aromatic rings. The first-order valence-corrected chi connectivity index (χ1v) is 9.05. The number of fused-ring (bicyclic) bond motifs is 3. The van der Waals surface area contributed by atoms with Crippen LogP contribution in [0.5, 0.6) is 0 Å². The minimum atomic E-state index is 0.679. The van der Waals surface area contributed by atoms with Gasteiger partial charge in [-0.1, -0.05) is 6.42 Å². The van der Waals surface area contributed by atoms with Crippen LogP contribution in [0.2, 0.25) is 0 Å². The van der Waals surface area contributed by atoms with Gasteiger partial charge in [-0.3, -0.25) is 0 Å². The molecule has 0 unspecified atom stereocenters. The molecule has 118 valence electrons. The summed E-state index contributed by atoms with van der Waals surface area (Å²) >= 11 is 1.84. The van der Waals surface area contributed by atoms with E-state index >= 15 is 0 Å². The van der Waals surface area contributed by atoms with Crippen LogP contribution < -0.4 is 10.6 Å². The number of nitrogen functional groups attached to an aromatic ring is 1. The van der Waals surface area contributed by atoms with Crippen LogP contribution in [0.4, 0.5) is 11.8 Å². The van der Waals surface area contributed by atoms with Crippen LogP contribution in [0.3, 0.4) is 0 Å². The van der Waals surface area contributed by atoms with Gasteiger partial charge in [-0.05, 0) is 38.3 Å². The molecule has 0 spiro atoms. The Morgan fingerprint density at radius 1 is 1.00 bits per heavy atom. The largest absolute Gasteiger partial charge is 0.383 e. The summed E-state index contributed by atoms with van der Waals surface area (Å²) in [5.41, 5.74) is 7.76. The first kappa shape index (κ1) is 14.2. The average Bonchev–Trinajstić information content (AvgIpc) is 2.70. The number of thiophene rings is 1. The fraction of sp³-hybridized carbons (Fsp3) is 0.625. The summed E-state index contributed by atoms with van der Waals surface area (Å²) in [6.07, 6.45) is 6.19. The number of hydrogen-bond acceptors (Lipinski definition) is 6. The predicted octanol–water partition coefficient (Wildman–Crippen LogP) is 2.29. The molecule has 0 aromatic carbocycles. The highest BCUT2D eigenvalue weighted by Crippen LogP contribution is 2.37. The maximum absolute atomic E-state index is 6.33. The van der Waals surface area contributed by atoms with Gasteiger partial charge >= 0.3 is 0 Å². The van der Waals surface area contributed by atoms with Crippen LogP contribution >= 0.6 is 11.3 Å². The van der Waals surface area contributed by atoms with E-state index in [1.165, 1.54) is 36.1 Å². The molecule has 2 aromatic heterocycles. The van der Waals surface area contributed by atoms with E-state index in [0.29, 0.717) is 5.82 Å². The molecule has 1 fully saturated rings. The zero-order valence-electron chi connectivity index (χ0n) is 13.1. The summed E-state index contributed by atoms with van der Waals surface area (Å²) in [7, 11) is 2.16. The van der Waals surface area contributed by atoms with Crippen molar-refractivity contribution in [1.29, 1.82) is 0 Å². The Hall–Kier alpha value is -1.40. The minimum absolute atomic E-state index is 0.679. The zero-order chi connectivity index (χ0) is 15.1. The van der Waals surface area contributed by atoms with Gasteiger partial charge in [-0.2, -0.15) is 4.98 Å². The first-order valence-electron chi connectivity index (χ1n) is 8.23. The van der Waals surface area contributed by atoms with Gasteiger partial charge in [0.1, 0.15) is 10.6 Å². The molecular formula is C16H23N5S. The quantitative estimate of drug-likeness (QED) is 0.818. The molecule has 0 radical (unpaired) electrons. The fourth-order valence-corrected chi connectivity index (χ4v) is 4.76. The Labute approximate surface area is 135 Å². The Bertz CT molecular complexity index is 687. The van der Waals surface area contributed by atoms with Crippen molar-refractivity contribution < 1.29 is 0 Å². The van der Waals surface area contributed by atoms with Crippen molar-refractivity contribution >= 4 is 33.3 Å². The smallest absolute Gasteiger partial charge is 0.228 e. The molecule has 5 nitrogen and oxygen atoms in total. The zero-order valence-corrected chi connectivity index (χ0v) is 14.0. The van der Waals surface area contributed by atoms with Gasteiger partial charge in [0.25, 0.3) is 0 Å². The molecule has 0 bridgehead atoms. The first-order chi connectivity index (χ1) is 10.7. The van der Waals surface area contributed by atoms with Crippen molar-refractivity contribution in [2.45, 2.75) is 32.1 Å². The van der Waals surface area contributed by atoms with Gasteiger partial charge in [-0.15, -0.1) is 11.3 Å². The maximum atomic E-state index is 6.33. The summed E-state index contributed by atoms with van der Waals surface area (Å²) in [6, 6.07) is 0. The predicted molar refractivity (Wildman–Crippen MR) is 92.8 cm³/mol. The lowest BCUT2D eigenvalue weighted by Gasteiger charge is -2.32. The Balaban J connectivity index is 1.74. The number of aryl methyl sites for hydroxylation is 2. The lowest BCUT2D eigenvalue weighted by Crippen LogP contribution is -2.45. The highest BCUT2D eigenvalue weighted by molar-refractivity contribution is 7.19. The summed E-state index contributed by atoms with van der Waals surface area (Å²) in [5, 5.41) is 1.14. The molecule has 1 saturated heterocycles. The summed E-state index contributed by atoms with van der Waals surface area (Å²) in [5.74, 6) is 1.49. The van der Waals surface area contributed by atoms with Gasteiger partial charge < -0.3 is 15.5 Å². The molecule has 0 amide bonds. The Morgan fingerprint density at radius 3 is 2.59 bits per heavy atom. The van der Waals surface area contributed by atoms with Crippen LogP contribution in [0.15, 0.2) is 0 Å². The third kappa shape index (κ3) is 2.44. The SMILES string of the molecule is CN1CCN(c2nc(N)c3c4c(sc3n2)CCCCC4)CC1. The summed E-state index contributed by atoms with van der Waals surface area (Å²) < 4.78 is 0. The second-order valence-electron chi connectivity index (χ2n) is 6.44. The fourth-order valence-electron chi connectivity index (χ4n) is 3.50. The number of nitrogens with zero attached hydrogens (tertiary/aromatic N) is 4. The molecule has 3 heterocycles. The lowest BCUT2D eigenvalue weighted by molar-refractivity contribution is 0.311. The van der Waals surface area contributed by atoms with Crippen LogP contribution in [0.1, 0.15) is 29.7 Å². The molecule has 4 rings (SSSR count). The Morgan fingerprint density at radius 2 is 1.77 bits per heavy atom. The standard InChI is InChI=1S/C16H23N5S/c1-20-7-9-21(10-8-20)16-18-14(17)13-11-5-3-2-4-6-12(11)22-15(13)19-16/h2-10H2,1H3,(H2,17,18,19). The second kappa shape index (κ2) is 5.66. The van der Waals surface area contributed by atoms with E-state index in [2.05, 4.69) is 21.8 Å². The van der Waals surface area contributed by atoms with Gasteiger partial charge in [0.2, 0.25) is 5.95 Å². The highest BCUT2D eigenvalue weighted by atomic mass is 32.1. The van der Waals surface area contributed by atoms with E-state index in [-0.39, 0.29) is 0 Å². The van der Waals surface area contributed by atoms with E-state index in [4.69, 9.17) is 10.7 Å². The molecule has 1 aliphatic heterocycles. The molecule has 22 heavy (non-hydrogen) atoms. The van der Waals surface area contributed by atoms with Crippen LogP contribution in [0.25, 0.3) is 10.2 Å². The topological polar surface area (TPSA) is 58.3 Å². The maximum Gasteiger partial charge on any atom is 0.228 e. The number of rotatable bonds is 1. The lowest BCUT2D eigenvalue weighted by atomic mass is 10.1. The minimum Gasteiger partial charge on any atom is -0.383 e. The van der Waals surface area contributed by atoms with Crippen molar-refractivity contribution in [3.05, 3.63) is 10.4 Å². The highest BCUT2D eigenvalue weighted by Gasteiger charge is 2.22. The van der Waals surface area contributed by atoms with Gasteiger partial charge in [0.05, 0.1) is 5.39 Å². The van der Waals surface area contributed by atoms with Gasteiger partial charge in [-0.25, -0.2) is 4.98 Å². The molecule has 1 aliphatic carbocycles. The van der Waals surface area contributed by atoms with Crippen molar-refractivity contribution in [2.75, 3.05) is 43.9 Å². The van der Waals surface area contributed by atoms with E-state index in [0.717, 1.165) is 48.8 Å². The van der Waals surface area contributed by atoms with E-state index < -0.39 is 0 Å². The molecule has 6 heteroatoms. The van der Waals surface area contributed by atoms with Crippen molar-refractivity contribution in [1.82, 2.24) is 14.9 Å². The van der Waals surface area contributed by atoms with Crippen molar-refractivity contribution in [3.8, 4) is 0 Å². The third-order valence-electron chi connectivity index (χ3n) is 4.87. The van der Waals surface area contributed by atoms with E-state index in [1.54, 1.807) is 0 Å². The third-order valence-corrected chi connectivity index (χ3v) is 6.05. The second-order valence-corrected chi connectivity index (χ2v) is 7.53. The normalized spacial score (nSPS) is 20.1. The Kier molecular flexibility index (Phi) is 3.66. The number of likely N-dealkylation sites (N-methyl/N-ethyl adjacent to an activating group) is 1. The summed E-state index contributed by atoms with van der Waals surface area (Å²) in [4.78, 5) is 16.7. The molecule has 0 saturated carbocycles. The number of hydrogen-bond donors (Lipinski definition) is 1. The monoisotopic (exact) mass is 317 g/mol. The number of aromatic nitrogens is 2. The van der Waals surface area contributed by atoms with Crippen molar-refractivity contribution in [3.63, 3.8) is 0 Å². The van der Waals surface area contributed by atoms with E-state index in [1.807, 2.05) is 11.3 Å². The molecule has 0 atom stereocenters. The number of piperazine rings is 1. The number of nitrogens with two attached hydrogens (primary N) is 1. The van der Waals surface area contributed by atoms with E-state index in [9.17, 15) is 0 Å².